The van der Waals surface area contributed by atoms with E-state index in [-0.39, 0.29) is 11.9 Å². The summed E-state index contributed by atoms with van der Waals surface area (Å²) >= 11 is 0. The number of amides is 1. The number of carbonyl (C=O) groups is 2. The van der Waals surface area contributed by atoms with Crippen molar-refractivity contribution < 1.29 is 14.3 Å². The van der Waals surface area contributed by atoms with Gasteiger partial charge in [-0.05, 0) is 53.4 Å². The van der Waals surface area contributed by atoms with Crippen molar-refractivity contribution in [1.82, 2.24) is 4.90 Å². The molecular weight excluding hydrogens is 448 g/mol. The SMILES string of the molecule is CCCCCCCC(=O)N(C)Cc1cccc(-c2ccc(N(C)c3ccccc3C(=O)OC)cc2)c1. The van der Waals surface area contributed by atoms with Crippen LogP contribution in [0.5, 0.6) is 0 Å². The fraction of sp³-hybridized carbons (Fsp3) is 0.355. The molecule has 0 radical (unpaired) electrons. The largest absolute Gasteiger partial charge is 0.465 e. The van der Waals surface area contributed by atoms with Gasteiger partial charge in [-0.25, -0.2) is 4.79 Å². The molecule has 0 aliphatic carbocycles. The molecule has 3 aromatic rings. The van der Waals surface area contributed by atoms with E-state index < -0.39 is 0 Å². The molecule has 0 aromatic heterocycles. The summed E-state index contributed by atoms with van der Waals surface area (Å²) in [5.74, 6) is -0.151. The molecule has 0 N–H and O–H groups in total. The molecule has 3 aromatic carbocycles. The molecule has 0 fully saturated rings. The summed E-state index contributed by atoms with van der Waals surface area (Å²) in [5.41, 5.74) is 5.60. The average molecular weight is 487 g/mol. The highest BCUT2D eigenvalue weighted by Crippen LogP contribution is 2.30. The standard InChI is InChI=1S/C31H38N2O3/c1-5-6-7-8-9-17-30(34)32(2)23-24-13-12-14-26(22-24)25-18-20-27(21-19-25)33(3)29-16-11-10-15-28(29)31(35)36-4/h10-16,18-22H,5-9,17,23H2,1-4H3. The van der Waals surface area contributed by atoms with Gasteiger partial charge in [0.05, 0.1) is 18.4 Å². The first kappa shape index (κ1) is 27.0. The van der Waals surface area contributed by atoms with Crippen LogP contribution in [0.3, 0.4) is 0 Å². The summed E-state index contributed by atoms with van der Waals surface area (Å²) in [4.78, 5) is 28.5. The Kier molecular flexibility index (Phi) is 10.1. The second-order valence-corrected chi connectivity index (χ2v) is 9.23. The third-order valence-electron chi connectivity index (χ3n) is 6.53. The third-order valence-corrected chi connectivity index (χ3v) is 6.53. The second kappa shape index (κ2) is 13.5. The molecule has 0 heterocycles. The Morgan fingerprint density at radius 2 is 1.53 bits per heavy atom. The molecule has 36 heavy (non-hydrogen) atoms. The predicted octanol–water partition coefficient (Wildman–Crippen LogP) is 7.23. The van der Waals surface area contributed by atoms with Gasteiger partial charge in [-0.2, -0.15) is 0 Å². The monoisotopic (exact) mass is 486 g/mol. The quantitative estimate of drug-likeness (QED) is 0.200. The van der Waals surface area contributed by atoms with E-state index >= 15 is 0 Å². The van der Waals surface area contributed by atoms with Gasteiger partial charge >= 0.3 is 5.97 Å². The number of anilines is 2. The number of benzene rings is 3. The Balaban J connectivity index is 1.66. The van der Waals surface area contributed by atoms with E-state index in [1.807, 2.05) is 60.3 Å². The van der Waals surface area contributed by atoms with E-state index in [4.69, 9.17) is 4.74 Å². The third kappa shape index (κ3) is 7.20. The van der Waals surface area contributed by atoms with E-state index in [9.17, 15) is 9.59 Å². The van der Waals surface area contributed by atoms with Crippen LogP contribution in [0.1, 0.15) is 61.4 Å². The molecule has 0 saturated carbocycles. The smallest absolute Gasteiger partial charge is 0.339 e. The van der Waals surface area contributed by atoms with Gasteiger partial charge in [-0.1, -0.05) is 75.1 Å². The van der Waals surface area contributed by atoms with Crippen molar-refractivity contribution in [2.24, 2.45) is 0 Å². The fourth-order valence-corrected chi connectivity index (χ4v) is 4.35. The van der Waals surface area contributed by atoms with Crippen LogP contribution in [-0.4, -0.2) is 38.0 Å². The van der Waals surface area contributed by atoms with Crippen LogP contribution < -0.4 is 4.90 Å². The van der Waals surface area contributed by atoms with Crippen molar-refractivity contribution in [3.05, 3.63) is 83.9 Å². The van der Waals surface area contributed by atoms with Crippen LogP contribution in [0.4, 0.5) is 11.4 Å². The number of hydrogen-bond acceptors (Lipinski definition) is 4. The van der Waals surface area contributed by atoms with Crippen molar-refractivity contribution in [2.75, 3.05) is 26.1 Å². The van der Waals surface area contributed by atoms with Gasteiger partial charge in [0.25, 0.3) is 0 Å². The molecular formula is C31H38N2O3. The highest BCUT2D eigenvalue weighted by atomic mass is 16.5. The van der Waals surface area contributed by atoms with Crippen molar-refractivity contribution in [2.45, 2.75) is 52.0 Å². The first-order chi connectivity index (χ1) is 17.4. The zero-order valence-corrected chi connectivity index (χ0v) is 22.0. The molecule has 3 rings (SSSR count). The Labute approximate surface area is 215 Å². The van der Waals surface area contributed by atoms with E-state index in [1.165, 1.54) is 26.4 Å². The molecule has 1 amide bonds. The lowest BCUT2D eigenvalue weighted by Gasteiger charge is -2.22. The van der Waals surface area contributed by atoms with Crippen molar-refractivity contribution in [3.8, 4) is 11.1 Å². The minimum absolute atomic E-state index is 0.205. The lowest BCUT2D eigenvalue weighted by Crippen LogP contribution is -2.25. The number of carbonyl (C=O) groups excluding carboxylic acids is 2. The Hall–Kier alpha value is -3.60. The summed E-state index contributed by atoms with van der Waals surface area (Å²) in [6.45, 7) is 2.80. The molecule has 5 nitrogen and oxygen atoms in total. The molecule has 0 unspecified atom stereocenters. The number of unbranched alkanes of at least 4 members (excludes halogenated alkanes) is 4. The van der Waals surface area contributed by atoms with Crippen molar-refractivity contribution in [1.29, 1.82) is 0 Å². The molecule has 0 atom stereocenters. The number of methoxy groups -OCH3 is 1. The lowest BCUT2D eigenvalue weighted by atomic mass is 10.0. The zero-order valence-electron chi connectivity index (χ0n) is 22.0. The summed E-state index contributed by atoms with van der Waals surface area (Å²) < 4.78 is 4.94. The highest BCUT2D eigenvalue weighted by molar-refractivity contribution is 5.96. The van der Waals surface area contributed by atoms with Crippen LogP contribution in [0, 0.1) is 0 Å². The van der Waals surface area contributed by atoms with Gasteiger partial charge in [-0.15, -0.1) is 0 Å². The Bertz CT molecular complexity index is 1140. The highest BCUT2D eigenvalue weighted by Gasteiger charge is 2.15. The first-order valence-corrected chi connectivity index (χ1v) is 12.8. The number of esters is 1. The molecule has 0 aliphatic heterocycles. The van der Waals surface area contributed by atoms with Gasteiger partial charge in [0.1, 0.15) is 0 Å². The van der Waals surface area contributed by atoms with Gasteiger partial charge < -0.3 is 14.5 Å². The van der Waals surface area contributed by atoms with Crippen molar-refractivity contribution >= 4 is 23.3 Å². The van der Waals surface area contributed by atoms with Gasteiger partial charge in [0.2, 0.25) is 5.91 Å². The summed E-state index contributed by atoms with van der Waals surface area (Å²) in [5, 5.41) is 0. The van der Waals surface area contributed by atoms with Crippen LogP contribution in [0.15, 0.2) is 72.8 Å². The van der Waals surface area contributed by atoms with Crippen molar-refractivity contribution in [3.63, 3.8) is 0 Å². The maximum atomic E-state index is 12.5. The maximum Gasteiger partial charge on any atom is 0.339 e. The van der Waals surface area contributed by atoms with Crippen LogP contribution >= 0.6 is 0 Å². The van der Waals surface area contributed by atoms with E-state index in [0.717, 1.165) is 40.9 Å². The van der Waals surface area contributed by atoms with E-state index in [0.29, 0.717) is 18.5 Å². The lowest BCUT2D eigenvalue weighted by molar-refractivity contribution is -0.130. The van der Waals surface area contributed by atoms with E-state index in [2.05, 4.69) is 37.3 Å². The zero-order chi connectivity index (χ0) is 25.9. The van der Waals surface area contributed by atoms with Crippen LogP contribution in [0.25, 0.3) is 11.1 Å². The van der Waals surface area contributed by atoms with Gasteiger partial charge in [0.15, 0.2) is 0 Å². The number of hydrogen-bond donors (Lipinski definition) is 0. The second-order valence-electron chi connectivity index (χ2n) is 9.23. The molecule has 0 spiro atoms. The Morgan fingerprint density at radius 1 is 0.806 bits per heavy atom. The number of nitrogens with zero attached hydrogens (tertiary/aromatic N) is 2. The maximum absolute atomic E-state index is 12.5. The van der Waals surface area contributed by atoms with Crippen LogP contribution in [0.2, 0.25) is 0 Å². The number of para-hydroxylation sites is 1. The summed E-state index contributed by atoms with van der Waals surface area (Å²) in [6.07, 6.45) is 6.38. The van der Waals surface area contributed by atoms with E-state index in [1.54, 1.807) is 6.07 Å². The minimum Gasteiger partial charge on any atom is -0.465 e. The van der Waals surface area contributed by atoms with Gasteiger partial charge in [0, 0.05) is 32.7 Å². The molecule has 0 bridgehead atoms. The molecule has 0 aliphatic rings. The molecule has 0 saturated heterocycles. The van der Waals surface area contributed by atoms with Crippen LogP contribution in [-0.2, 0) is 16.1 Å². The number of ether oxygens (including phenoxy) is 1. The fourth-order valence-electron chi connectivity index (χ4n) is 4.35. The molecule has 190 valence electrons. The van der Waals surface area contributed by atoms with Gasteiger partial charge in [-0.3, -0.25) is 4.79 Å². The average Bonchev–Trinajstić information content (AvgIpc) is 2.92. The summed E-state index contributed by atoms with van der Waals surface area (Å²) in [7, 11) is 5.22. The predicted molar refractivity (Wildman–Crippen MR) is 148 cm³/mol. The first-order valence-electron chi connectivity index (χ1n) is 12.8. The minimum atomic E-state index is -0.356. The Morgan fingerprint density at radius 3 is 2.25 bits per heavy atom. The normalized spacial score (nSPS) is 10.7. The topological polar surface area (TPSA) is 49.9 Å². The molecule has 5 heteroatoms. The summed E-state index contributed by atoms with van der Waals surface area (Å²) in [6, 6.07) is 24.0. The number of rotatable bonds is 12.